The fourth-order valence-electron chi connectivity index (χ4n) is 2.81. The molecule has 1 unspecified atom stereocenters. The summed E-state index contributed by atoms with van der Waals surface area (Å²) in [4.78, 5) is 25.9. The molecule has 0 radical (unpaired) electrons. The first kappa shape index (κ1) is 20.8. The van der Waals surface area contributed by atoms with Crippen LogP contribution >= 0.6 is 0 Å². The van der Waals surface area contributed by atoms with Crippen LogP contribution in [0.2, 0.25) is 0 Å². The third-order valence-electron chi connectivity index (χ3n) is 4.47. The van der Waals surface area contributed by atoms with E-state index < -0.39 is 32.8 Å². The third-order valence-corrected chi connectivity index (χ3v) is 6.44. The third kappa shape index (κ3) is 4.42. The minimum Gasteiger partial charge on any atom is -0.465 e. The topological polar surface area (TPSA) is 90.0 Å². The maximum Gasteiger partial charge on any atom is 0.414 e. The molecule has 2 rings (SSSR count). The molecule has 0 bridgehead atoms. The molecule has 1 aliphatic rings. The highest BCUT2D eigenvalue weighted by molar-refractivity contribution is 7.92. The number of rotatable bonds is 6. The van der Waals surface area contributed by atoms with Gasteiger partial charge in [0.2, 0.25) is 0 Å². The number of ether oxygens (including phenoxy) is 2. The predicted molar refractivity (Wildman–Crippen MR) is 101 cm³/mol. The van der Waals surface area contributed by atoms with E-state index in [1.165, 1.54) is 11.8 Å². The van der Waals surface area contributed by atoms with Crippen molar-refractivity contribution < 1.29 is 27.5 Å². The Morgan fingerprint density at radius 3 is 2.52 bits per heavy atom. The fourth-order valence-corrected chi connectivity index (χ4v) is 3.66. The van der Waals surface area contributed by atoms with Gasteiger partial charge in [0, 0.05) is 23.9 Å². The molecule has 0 N–H and O–H groups in total. The number of anilines is 1. The monoisotopic (exact) mass is 393 g/mol. The van der Waals surface area contributed by atoms with Gasteiger partial charge in [0.1, 0.15) is 6.10 Å². The summed E-state index contributed by atoms with van der Waals surface area (Å²) in [5.74, 6) is 4.87. The van der Waals surface area contributed by atoms with Gasteiger partial charge in [-0.2, -0.15) is 0 Å². The Morgan fingerprint density at radius 2 is 2.00 bits per heavy atom. The summed E-state index contributed by atoms with van der Waals surface area (Å²) in [6, 6.07) is 7.05. The second kappa shape index (κ2) is 8.01. The highest BCUT2D eigenvalue weighted by Gasteiger charge is 2.49. The van der Waals surface area contributed by atoms with Crippen LogP contribution in [0.4, 0.5) is 10.5 Å². The lowest BCUT2D eigenvalue weighted by Gasteiger charge is -2.27. The molecule has 0 aromatic heterocycles. The van der Waals surface area contributed by atoms with Gasteiger partial charge >= 0.3 is 12.1 Å². The molecule has 0 saturated carbocycles. The molecule has 1 aromatic carbocycles. The van der Waals surface area contributed by atoms with E-state index in [0.717, 1.165) is 11.8 Å². The summed E-state index contributed by atoms with van der Waals surface area (Å²) in [7, 11) is -3.78. The van der Waals surface area contributed by atoms with Gasteiger partial charge < -0.3 is 9.47 Å². The molecule has 0 spiro atoms. The van der Waals surface area contributed by atoms with Gasteiger partial charge in [-0.25, -0.2) is 13.2 Å². The van der Waals surface area contributed by atoms with Crippen molar-refractivity contribution in [3.8, 4) is 11.8 Å². The lowest BCUT2D eigenvalue weighted by atomic mass is 10.0. The molecule has 1 aliphatic heterocycles. The Balaban J connectivity index is 2.20. The Bertz CT molecular complexity index is 881. The number of carbonyl (C=O) groups excluding carboxylic acids is 2. The number of hydrogen-bond donors (Lipinski definition) is 0. The molecule has 7 nitrogen and oxygen atoms in total. The van der Waals surface area contributed by atoms with Crippen LogP contribution in [0, 0.1) is 11.8 Å². The number of cyclic esters (lactones) is 1. The first-order chi connectivity index (χ1) is 12.6. The molecule has 1 fully saturated rings. The van der Waals surface area contributed by atoms with Gasteiger partial charge in [-0.05, 0) is 45.0 Å². The Kier molecular flexibility index (Phi) is 6.16. The van der Waals surface area contributed by atoms with Crippen molar-refractivity contribution in [3.05, 3.63) is 29.8 Å². The van der Waals surface area contributed by atoms with Crippen LogP contribution < -0.4 is 4.90 Å². The van der Waals surface area contributed by atoms with Crippen molar-refractivity contribution in [1.82, 2.24) is 0 Å². The SMILES string of the molecule is CC#Cc1ccc(N2C[C@H](CC(C)(C(=O)OCC)S(C)(=O)=O)OC2=O)cc1. The minimum atomic E-state index is -3.78. The van der Waals surface area contributed by atoms with E-state index in [4.69, 9.17) is 9.47 Å². The average Bonchev–Trinajstić information content (AvgIpc) is 2.95. The normalized spacial score (nSPS) is 18.9. The van der Waals surface area contributed by atoms with Crippen LogP contribution in [0.15, 0.2) is 24.3 Å². The molecule has 27 heavy (non-hydrogen) atoms. The molecule has 2 atom stereocenters. The van der Waals surface area contributed by atoms with Gasteiger partial charge in [-0.15, -0.1) is 5.92 Å². The van der Waals surface area contributed by atoms with Crippen molar-refractivity contribution in [2.45, 2.75) is 38.0 Å². The maximum atomic E-state index is 12.3. The molecule has 1 saturated heterocycles. The number of sulfone groups is 1. The zero-order valence-corrected chi connectivity index (χ0v) is 16.6. The van der Waals surface area contributed by atoms with Gasteiger partial charge in [0.15, 0.2) is 14.6 Å². The summed E-state index contributed by atoms with van der Waals surface area (Å²) in [6.45, 7) is 4.84. The Morgan fingerprint density at radius 1 is 1.37 bits per heavy atom. The number of hydrogen-bond acceptors (Lipinski definition) is 6. The maximum absolute atomic E-state index is 12.3. The molecule has 1 heterocycles. The highest BCUT2D eigenvalue weighted by Crippen LogP contribution is 2.30. The summed E-state index contributed by atoms with van der Waals surface area (Å²) in [5.41, 5.74) is 1.43. The number of benzene rings is 1. The summed E-state index contributed by atoms with van der Waals surface area (Å²) < 4.78 is 32.9. The quantitative estimate of drug-likeness (QED) is 0.543. The van der Waals surface area contributed by atoms with E-state index in [1.54, 1.807) is 38.1 Å². The summed E-state index contributed by atoms with van der Waals surface area (Å²) in [6.07, 6.45) is -0.538. The van der Waals surface area contributed by atoms with Crippen LogP contribution in [-0.2, 0) is 24.1 Å². The standard InChI is InChI=1S/C19H23NO6S/c1-5-7-14-8-10-15(11-9-14)20-13-16(26-18(20)22)12-19(3,27(4,23)24)17(21)25-6-2/h8-11,16H,6,12-13H2,1-4H3/t16-,19?/m0/s1. The van der Waals surface area contributed by atoms with Gasteiger partial charge in [-0.3, -0.25) is 9.69 Å². The van der Waals surface area contributed by atoms with Crippen molar-refractivity contribution in [2.24, 2.45) is 0 Å². The van der Waals surface area contributed by atoms with E-state index in [0.29, 0.717) is 5.69 Å². The van der Waals surface area contributed by atoms with Crippen molar-refractivity contribution in [2.75, 3.05) is 24.3 Å². The number of esters is 1. The molecule has 1 aromatic rings. The van der Waals surface area contributed by atoms with E-state index in [1.807, 2.05) is 0 Å². The van der Waals surface area contributed by atoms with Crippen LogP contribution in [0.25, 0.3) is 0 Å². The zero-order chi connectivity index (χ0) is 20.2. The summed E-state index contributed by atoms with van der Waals surface area (Å²) >= 11 is 0. The van der Waals surface area contributed by atoms with Crippen molar-refractivity contribution >= 4 is 27.6 Å². The van der Waals surface area contributed by atoms with Crippen LogP contribution in [0.1, 0.15) is 32.8 Å². The lowest BCUT2D eigenvalue weighted by Crippen LogP contribution is -2.47. The van der Waals surface area contributed by atoms with E-state index >= 15 is 0 Å². The molecular formula is C19H23NO6S. The Hall–Kier alpha value is -2.53. The molecular weight excluding hydrogens is 370 g/mol. The first-order valence-electron chi connectivity index (χ1n) is 8.50. The van der Waals surface area contributed by atoms with Gasteiger partial charge in [-0.1, -0.05) is 5.92 Å². The second-order valence-electron chi connectivity index (χ2n) is 6.47. The van der Waals surface area contributed by atoms with E-state index in [-0.39, 0.29) is 19.6 Å². The Labute approximate surface area is 159 Å². The minimum absolute atomic E-state index is 0.0630. The molecule has 8 heteroatoms. The zero-order valence-electron chi connectivity index (χ0n) is 15.8. The lowest BCUT2D eigenvalue weighted by molar-refractivity contribution is -0.146. The van der Waals surface area contributed by atoms with Crippen molar-refractivity contribution in [3.63, 3.8) is 0 Å². The van der Waals surface area contributed by atoms with E-state index in [2.05, 4.69) is 11.8 Å². The molecule has 1 amide bonds. The highest BCUT2D eigenvalue weighted by atomic mass is 32.2. The van der Waals surface area contributed by atoms with E-state index in [9.17, 15) is 18.0 Å². The van der Waals surface area contributed by atoms with Crippen LogP contribution in [-0.4, -0.2) is 50.7 Å². The number of carbonyl (C=O) groups is 2. The largest absolute Gasteiger partial charge is 0.465 e. The number of nitrogens with zero attached hydrogens (tertiary/aromatic N) is 1. The predicted octanol–water partition coefficient (Wildman–Crippen LogP) is 2.14. The molecule has 146 valence electrons. The van der Waals surface area contributed by atoms with Gasteiger partial charge in [0.05, 0.1) is 13.2 Å². The molecule has 0 aliphatic carbocycles. The average molecular weight is 393 g/mol. The summed E-state index contributed by atoms with van der Waals surface area (Å²) in [5, 5.41) is 0. The second-order valence-corrected chi connectivity index (χ2v) is 8.91. The van der Waals surface area contributed by atoms with Crippen molar-refractivity contribution in [1.29, 1.82) is 0 Å². The number of amides is 1. The smallest absolute Gasteiger partial charge is 0.414 e. The van der Waals surface area contributed by atoms with Crippen LogP contribution in [0.5, 0.6) is 0 Å². The first-order valence-corrected chi connectivity index (χ1v) is 10.4. The van der Waals surface area contributed by atoms with Crippen LogP contribution in [0.3, 0.4) is 0 Å². The van der Waals surface area contributed by atoms with Gasteiger partial charge in [0.25, 0.3) is 0 Å². The fraction of sp³-hybridized carbons (Fsp3) is 0.474.